The van der Waals surface area contributed by atoms with E-state index in [1.807, 2.05) is 0 Å². The summed E-state index contributed by atoms with van der Waals surface area (Å²) in [6.07, 6.45) is 0.704. The van der Waals surface area contributed by atoms with E-state index in [0.29, 0.717) is 6.16 Å². The first-order valence-electron chi connectivity index (χ1n) is 2.34. The van der Waals surface area contributed by atoms with Crippen LogP contribution in [0.4, 0.5) is 0 Å². The van der Waals surface area contributed by atoms with Gasteiger partial charge in [-0.3, -0.25) is 4.79 Å². The van der Waals surface area contributed by atoms with Gasteiger partial charge in [-0.25, -0.2) is 0 Å². The van der Waals surface area contributed by atoms with Crippen molar-refractivity contribution in [3.8, 4) is 0 Å². The SMILES string of the molecule is NC(CP)CC(=O)O. The lowest BCUT2D eigenvalue weighted by Gasteiger charge is -2.01. The molecular formula is C4H10NO2P. The fourth-order valence-corrected chi connectivity index (χ4v) is 0.474. The van der Waals surface area contributed by atoms with Gasteiger partial charge < -0.3 is 10.8 Å². The predicted molar refractivity (Wildman–Crippen MR) is 34.8 cm³/mol. The number of rotatable bonds is 3. The molecule has 0 heterocycles. The van der Waals surface area contributed by atoms with Crippen LogP contribution in [0.1, 0.15) is 6.42 Å². The Hall–Kier alpha value is -0.140. The second-order valence-electron chi connectivity index (χ2n) is 1.59. The smallest absolute Gasteiger partial charge is 0.304 e. The van der Waals surface area contributed by atoms with Gasteiger partial charge in [0.1, 0.15) is 0 Å². The zero-order valence-electron chi connectivity index (χ0n) is 4.50. The van der Waals surface area contributed by atoms with E-state index in [4.69, 9.17) is 10.8 Å². The van der Waals surface area contributed by atoms with Gasteiger partial charge in [0.15, 0.2) is 0 Å². The van der Waals surface area contributed by atoms with E-state index in [9.17, 15) is 4.79 Å². The van der Waals surface area contributed by atoms with Crippen molar-refractivity contribution in [2.24, 2.45) is 5.73 Å². The predicted octanol–water partition coefficient (Wildman–Crippen LogP) is -0.337. The highest BCUT2D eigenvalue weighted by Gasteiger charge is 2.03. The summed E-state index contributed by atoms with van der Waals surface area (Å²) in [4.78, 5) is 9.88. The highest BCUT2D eigenvalue weighted by Crippen LogP contribution is 1.91. The molecule has 0 fully saturated rings. The average molecular weight is 135 g/mol. The molecule has 0 spiro atoms. The van der Waals surface area contributed by atoms with Crippen molar-refractivity contribution in [3.05, 3.63) is 0 Å². The van der Waals surface area contributed by atoms with E-state index in [1.165, 1.54) is 0 Å². The van der Waals surface area contributed by atoms with Crippen LogP contribution in [0, 0.1) is 0 Å². The number of hydrogen-bond acceptors (Lipinski definition) is 2. The highest BCUT2D eigenvalue weighted by atomic mass is 31.0. The van der Waals surface area contributed by atoms with Crippen molar-refractivity contribution in [2.75, 3.05) is 6.16 Å². The molecule has 3 N–H and O–H groups in total. The number of carboxylic acid groups (broad SMARTS) is 1. The summed E-state index contributed by atoms with van der Waals surface area (Å²) >= 11 is 0. The lowest BCUT2D eigenvalue weighted by molar-refractivity contribution is -0.137. The second-order valence-corrected chi connectivity index (χ2v) is 2.07. The normalized spacial score (nSPS) is 13.2. The molecular weight excluding hydrogens is 125 g/mol. The number of carbonyl (C=O) groups is 1. The maximum atomic E-state index is 9.88. The second kappa shape index (κ2) is 3.81. The third kappa shape index (κ3) is 4.03. The quantitative estimate of drug-likeness (QED) is 0.520. The number of aliphatic carboxylic acids is 1. The van der Waals surface area contributed by atoms with Crippen molar-refractivity contribution in [1.29, 1.82) is 0 Å². The van der Waals surface area contributed by atoms with Crippen LogP contribution in [-0.2, 0) is 4.79 Å². The lowest BCUT2D eigenvalue weighted by Crippen LogP contribution is -2.24. The first kappa shape index (κ1) is 7.86. The minimum Gasteiger partial charge on any atom is -0.481 e. The molecule has 0 radical (unpaired) electrons. The summed E-state index contributed by atoms with van der Waals surface area (Å²) in [5.74, 6) is -0.833. The van der Waals surface area contributed by atoms with Gasteiger partial charge in [0.2, 0.25) is 0 Å². The topological polar surface area (TPSA) is 63.3 Å². The monoisotopic (exact) mass is 135 g/mol. The molecule has 0 aromatic carbocycles. The molecule has 2 atom stereocenters. The third-order valence-corrected chi connectivity index (χ3v) is 1.35. The van der Waals surface area contributed by atoms with Gasteiger partial charge >= 0.3 is 5.97 Å². The number of carboxylic acids is 1. The number of nitrogens with two attached hydrogens (primary N) is 1. The molecule has 0 saturated carbocycles. The molecule has 0 aromatic heterocycles. The summed E-state index contributed by atoms with van der Waals surface area (Å²) in [5.41, 5.74) is 5.27. The Morgan fingerprint density at radius 3 is 2.50 bits per heavy atom. The molecule has 4 heteroatoms. The van der Waals surface area contributed by atoms with Crippen LogP contribution in [0.2, 0.25) is 0 Å². The highest BCUT2D eigenvalue weighted by molar-refractivity contribution is 7.16. The fraction of sp³-hybridized carbons (Fsp3) is 0.750. The van der Waals surface area contributed by atoms with Crippen molar-refractivity contribution < 1.29 is 9.90 Å². The Balaban J connectivity index is 3.24. The molecule has 0 amide bonds. The largest absolute Gasteiger partial charge is 0.481 e. The van der Waals surface area contributed by atoms with Crippen LogP contribution in [0.5, 0.6) is 0 Å². The molecule has 48 valence electrons. The summed E-state index contributed by atoms with van der Waals surface area (Å²) in [6, 6.07) is -0.211. The van der Waals surface area contributed by atoms with Gasteiger partial charge in [0, 0.05) is 6.04 Å². The summed E-state index contributed by atoms with van der Waals surface area (Å²) in [6.45, 7) is 0. The maximum absolute atomic E-state index is 9.88. The van der Waals surface area contributed by atoms with Crippen LogP contribution in [0.15, 0.2) is 0 Å². The van der Waals surface area contributed by atoms with Crippen molar-refractivity contribution in [3.63, 3.8) is 0 Å². The van der Waals surface area contributed by atoms with Crippen LogP contribution in [0.3, 0.4) is 0 Å². The molecule has 0 aliphatic carbocycles. The third-order valence-electron chi connectivity index (χ3n) is 0.740. The van der Waals surface area contributed by atoms with Gasteiger partial charge in [-0.1, -0.05) is 0 Å². The van der Waals surface area contributed by atoms with Gasteiger partial charge in [0.05, 0.1) is 6.42 Å². The van der Waals surface area contributed by atoms with Gasteiger partial charge in [0.25, 0.3) is 0 Å². The molecule has 3 nitrogen and oxygen atoms in total. The van der Waals surface area contributed by atoms with E-state index in [1.54, 1.807) is 0 Å². The minimum atomic E-state index is -0.833. The zero-order valence-corrected chi connectivity index (χ0v) is 5.66. The first-order chi connectivity index (χ1) is 3.66. The molecule has 0 rings (SSSR count). The Morgan fingerprint density at radius 1 is 1.88 bits per heavy atom. The molecule has 0 bridgehead atoms. The molecule has 0 aromatic rings. The van der Waals surface area contributed by atoms with Gasteiger partial charge in [-0.15, -0.1) is 9.24 Å². The van der Waals surface area contributed by atoms with Crippen LogP contribution in [0.25, 0.3) is 0 Å². The molecule has 8 heavy (non-hydrogen) atoms. The van der Waals surface area contributed by atoms with E-state index in [-0.39, 0.29) is 12.5 Å². The van der Waals surface area contributed by atoms with Crippen molar-refractivity contribution >= 4 is 15.2 Å². The van der Waals surface area contributed by atoms with Gasteiger partial charge in [-0.05, 0) is 6.16 Å². The zero-order chi connectivity index (χ0) is 6.57. The summed E-state index contributed by atoms with van der Waals surface area (Å²) < 4.78 is 0. The van der Waals surface area contributed by atoms with Crippen molar-refractivity contribution in [2.45, 2.75) is 12.5 Å². The van der Waals surface area contributed by atoms with E-state index in [0.717, 1.165) is 0 Å². The Kier molecular flexibility index (Phi) is 3.75. The van der Waals surface area contributed by atoms with Gasteiger partial charge in [-0.2, -0.15) is 0 Å². The van der Waals surface area contributed by atoms with Crippen LogP contribution < -0.4 is 5.73 Å². The molecule has 2 unspecified atom stereocenters. The van der Waals surface area contributed by atoms with Crippen molar-refractivity contribution in [1.82, 2.24) is 0 Å². The molecule has 0 aliphatic heterocycles. The maximum Gasteiger partial charge on any atom is 0.304 e. The Labute approximate surface area is 50.5 Å². The first-order valence-corrected chi connectivity index (χ1v) is 3.16. The molecule has 0 saturated heterocycles. The number of hydrogen-bond donors (Lipinski definition) is 2. The minimum absolute atomic E-state index is 0.0590. The lowest BCUT2D eigenvalue weighted by atomic mass is 10.2. The van der Waals surface area contributed by atoms with E-state index < -0.39 is 5.97 Å². The summed E-state index contributed by atoms with van der Waals surface area (Å²) in [7, 11) is 2.40. The van der Waals surface area contributed by atoms with Crippen LogP contribution in [-0.4, -0.2) is 23.3 Å². The summed E-state index contributed by atoms with van der Waals surface area (Å²) in [5, 5.41) is 8.13. The van der Waals surface area contributed by atoms with Crippen LogP contribution >= 0.6 is 9.24 Å². The average Bonchev–Trinajstić information content (AvgIpc) is 1.65. The Morgan fingerprint density at radius 2 is 2.38 bits per heavy atom. The Bertz CT molecular complexity index is 86.1. The standard InChI is InChI=1S/C4H10NO2P/c5-3(2-8)1-4(6)7/h3H,1-2,5,8H2,(H,6,7). The van der Waals surface area contributed by atoms with E-state index >= 15 is 0 Å². The fourth-order valence-electron chi connectivity index (χ4n) is 0.308. The van der Waals surface area contributed by atoms with E-state index in [2.05, 4.69) is 9.24 Å². The molecule has 0 aliphatic rings.